The number of hydrogen-bond donors (Lipinski definition) is 2. The van der Waals surface area contributed by atoms with Crippen molar-refractivity contribution in [2.75, 3.05) is 10.6 Å². The van der Waals surface area contributed by atoms with E-state index < -0.39 is 0 Å². The Bertz CT molecular complexity index is 860. The first kappa shape index (κ1) is 15.7. The first-order valence-electron chi connectivity index (χ1n) is 7.78. The highest BCUT2D eigenvalue weighted by molar-refractivity contribution is 6.03. The van der Waals surface area contributed by atoms with Crippen molar-refractivity contribution in [2.45, 2.75) is 13.8 Å². The molecular weight excluding hydrogens is 298 g/mol. The molecule has 0 radical (unpaired) electrons. The number of amides is 1. The fraction of sp³-hybridized carbons (Fsp3) is 0.100. The summed E-state index contributed by atoms with van der Waals surface area (Å²) in [7, 11) is 0. The van der Waals surface area contributed by atoms with E-state index in [2.05, 4.69) is 15.6 Å². The van der Waals surface area contributed by atoms with Crippen LogP contribution in [-0.4, -0.2) is 10.9 Å². The molecule has 0 aliphatic rings. The van der Waals surface area contributed by atoms with Crippen LogP contribution in [0, 0.1) is 13.8 Å². The molecule has 3 aromatic rings. The Labute approximate surface area is 141 Å². The third-order valence-electron chi connectivity index (χ3n) is 3.69. The van der Waals surface area contributed by atoms with Gasteiger partial charge in [-0.15, -0.1) is 0 Å². The topological polar surface area (TPSA) is 54.0 Å². The lowest BCUT2D eigenvalue weighted by Crippen LogP contribution is -2.14. The second-order valence-corrected chi connectivity index (χ2v) is 5.69. The molecule has 4 nitrogen and oxygen atoms in total. The molecule has 0 unspecified atom stereocenters. The maximum absolute atomic E-state index is 12.5. The second kappa shape index (κ2) is 6.96. The van der Waals surface area contributed by atoms with E-state index in [0.29, 0.717) is 5.69 Å². The zero-order valence-corrected chi connectivity index (χ0v) is 13.7. The van der Waals surface area contributed by atoms with Gasteiger partial charge in [0.2, 0.25) is 0 Å². The van der Waals surface area contributed by atoms with Gasteiger partial charge in [-0.05, 0) is 49.7 Å². The SMILES string of the molecule is Cc1ccc(NC(=O)c2cc(Nc3ccccc3)ccn2)c(C)c1. The molecule has 120 valence electrons. The number of aromatic nitrogens is 1. The van der Waals surface area contributed by atoms with Gasteiger partial charge in [0.25, 0.3) is 5.91 Å². The Morgan fingerprint density at radius 1 is 0.917 bits per heavy atom. The van der Waals surface area contributed by atoms with Crippen molar-refractivity contribution in [3.63, 3.8) is 0 Å². The predicted molar refractivity (Wildman–Crippen MR) is 97.8 cm³/mol. The maximum atomic E-state index is 12.5. The molecule has 0 bridgehead atoms. The monoisotopic (exact) mass is 317 g/mol. The molecule has 1 aromatic heterocycles. The van der Waals surface area contributed by atoms with Gasteiger partial charge in [-0.3, -0.25) is 9.78 Å². The Morgan fingerprint density at radius 2 is 1.71 bits per heavy atom. The summed E-state index contributed by atoms with van der Waals surface area (Å²) in [5.74, 6) is -0.223. The van der Waals surface area contributed by atoms with E-state index in [1.165, 1.54) is 0 Å². The van der Waals surface area contributed by atoms with Crippen molar-refractivity contribution in [2.24, 2.45) is 0 Å². The van der Waals surface area contributed by atoms with Gasteiger partial charge < -0.3 is 10.6 Å². The van der Waals surface area contributed by atoms with E-state index in [9.17, 15) is 4.79 Å². The molecule has 2 N–H and O–H groups in total. The predicted octanol–water partition coefficient (Wildman–Crippen LogP) is 4.69. The lowest BCUT2D eigenvalue weighted by molar-refractivity contribution is 0.102. The van der Waals surface area contributed by atoms with Gasteiger partial charge in [-0.2, -0.15) is 0 Å². The van der Waals surface area contributed by atoms with Gasteiger partial charge in [0.15, 0.2) is 0 Å². The van der Waals surface area contributed by atoms with E-state index in [4.69, 9.17) is 0 Å². The zero-order valence-electron chi connectivity index (χ0n) is 13.7. The number of anilines is 3. The molecule has 1 heterocycles. The average Bonchev–Trinajstić information content (AvgIpc) is 2.58. The van der Waals surface area contributed by atoms with Gasteiger partial charge >= 0.3 is 0 Å². The van der Waals surface area contributed by atoms with E-state index >= 15 is 0 Å². The standard InChI is InChI=1S/C20H19N3O/c1-14-8-9-18(15(2)12-14)23-20(24)19-13-17(10-11-21-19)22-16-6-4-3-5-7-16/h3-13H,1-2H3,(H,21,22)(H,23,24). The van der Waals surface area contributed by atoms with Crippen LogP contribution in [0.15, 0.2) is 66.9 Å². The molecule has 24 heavy (non-hydrogen) atoms. The van der Waals surface area contributed by atoms with Crippen molar-refractivity contribution in [3.8, 4) is 0 Å². The van der Waals surface area contributed by atoms with Crippen LogP contribution in [0.4, 0.5) is 17.1 Å². The summed E-state index contributed by atoms with van der Waals surface area (Å²) in [6, 6.07) is 19.3. The quantitative estimate of drug-likeness (QED) is 0.733. The molecular formula is C20H19N3O. The van der Waals surface area contributed by atoms with Crippen LogP contribution in [0.3, 0.4) is 0 Å². The van der Waals surface area contributed by atoms with Crippen LogP contribution in [0.1, 0.15) is 21.6 Å². The largest absolute Gasteiger partial charge is 0.355 e. The minimum atomic E-state index is -0.223. The number of benzene rings is 2. The van der Waals surface area contributed by atoms with Gasteiger partial charge in [-0.1, -0.05) is 35.9 Å². The van der Waals surface area contributed by atoms with Gasteiger partial charge in [-0.25, -0.2) is 0 Å². The lowest BCUT2D eigenvalue weighted by Gasteiger charge is -2.10. The highest BCUT2D eigenvalue weighted by atomic mass is 16.1. The van der Waals surface area contributed by atoms with Gasteiger partial charge in [0, 0.05) is 23.3 Å². The van der Waals surface area contributed by atoms with Crippen LogP contribution < -0.4 is 10.6 Å². The third-order valence-corrected chi connectivity index (χ3v) is 3.69. The van der Waals surface area contributed by atoms with Crippen LogP contribution in [0.2, 0.25) is 0 Å². The number of hydrogen-bond acceptors (Lipinski definition) is 3. The van der Waals surface area contributed by atoms with Crippen molar-refractivity contribution >= 4 is 23.0 Å². The summed E-state index contributed by atoms with van der Waals surface area (Å²) in [5.41, 5.74) is 5.15. The van der Waals surface area contributed by atoms with Gasteiger partial charge in [0.1, 0.15) is 5.69 Å². The summed E-state index contributed by atoms with van der Waals surface area (Å²) in [5, 5.41) is 6.18. The van der Waals surface area contributed by atoms with Crippen LogP contribution in [0.5, 0.6) is 0 Å². The molecule has 0 atom stereocenters. The fourth-order valence-corrected chi connectivity index (χ4v) is 2.46. The number of pyridine rings is 1. The molecule has 2 aromatic carbocycles. The fourth-order valence-electron chi connectivity index (χ4n) is 2.46. The van der Waals surface area contributed by atoms with Gasteiger partial charge in [0.05, 0.1) is 0 Å². The number of aryl methyl sites for hydroxylation is 2. The first-order chi connectivity index (χ1) is 11.6. The van der Waals surface area contributed by atoms with Crippen molar-refractivity contribution in [3.05, 3.63) is 83.7 Å². The summed E-state index contributed by atoms with van der Waals surface area (Å²) in [4.78, 5) is 16.6. The second-order valence-electron chi connectivity index (χ2n) is 5.69. The van der Waals surface area contributed by atoms with Crippen LogP contribution in [0.25, 0.3) is 0 Å². The molecule has 3 rings (SSSR count). The van der Waals surface area contributed by atoms with E-state index in [1.807, 2.05) is 68.4 Å². The molecule has 0 fully saturated rings. The average molecular weight is 317 g/mol. The van der Waals surface area contributed by atoms with Crippen molar-refractivity contribution < 1.29 is 4.79 Å². The molecule has 0 saturated heterocycles. The molecule has 0 spiro atoms. The minimum Gasteiger partial charge on any atom is -0.355 e. The maximum Gasteiger partial charge on any atom is 0.274 e. The Morgan fingerprint density at radius 3 is 2.46 bits per heavy atom. The summed E-state index contributed by atoms with van der Waals surface area (Å²) in [6.07, 6.45) is 1.63. The Kier molecular flexibility index (Phi) is 4.57. The molecule has 0 aliphatic carbocycles. The minimum absolute atomic E-state index is 0.223. The normalized spacial score (nSPS) is 10.2. The molecule has 0 saturated carbocycles. The van der Waals surface area contributed by atoms with Crippen molar-refractivity contribution in [1.29, 1.82) is 0 Å². The number of rotatable bonds is 4. The Balaban J connectivity index is 1.77. The highest BCUT2D eigenvalue weighted by Gasteiger charge is 2.10. The lowest BCUT2D eigenvalue weighted by atomic mass is 10.1. The van der Waals surface area contributed by atoms with E-state index in [-0.39, 0.29) is 5.91 Å². The molecule has 1 amide bonds. The number of carbonyl (C=O) groups is 1. The smallest absolute Gasteiger partial charge is 0.274 e. The molecule has 4 heteroatoms. The number of nitrogens with one attached hydrogen (secondary N) is 2. The highest BCUT2D eigenvalue weighted by Crippen LogP contribution is 2.19. The first-order valence-corrected chi connectivity index (χ1v) is 7.78. The van der Waals surface area contributed by atoms with Crippen LogP contribution in [-0.2, 0) is 0 Å². The van der Waals surface area contributed by atoms with Crippen molar-refractivity contribution in [1.82, 2.24) is 4.98 Å². The number of para-hydroxylation sites is 1. The zero-order chi connectivity index (χ0) is 16.9. The summed E-state index contributed by atoms with van der Waals surface area (Å²) in [6.45, 7) is 4.00. The van der Waals surface area contributed by atoms with E-state index in [1.54, 1.807) is 12.3 Å². The van der Waals surface area contributed by atoms with E-state index in [0.717, 1.165) is 28.2 Å². The summed E-state index contributed by atoms with van der Waals surface area (Å²) >= 11 is 0. The number of nitrogens with zero attached hydrogens (tertiary/aromatic N) is 1. The summed E-state index contributed by atoms with van der Waals surface area (Å²) < 4.78 is 0. The molecule has 0 aliphatic heterocycles. The third kappa shape index (κ3) is 3.79. The van der Waals surface area contributed by atoms with Crippen LogP contribution >= 0.6 is 0 Å². The number of carbonyl (C=O) groups excluding carboxylic acids is 1. The Hall–Kier alpha value is -3.14.